The van der Waals surface area contributed by atoms with Crippen molar-refractivity contribution in [2.45, 2.75) is 45.2 Å². The molecule has 1 aliphatic rings. The summed E-state index contributed by atoms with van der Waals surface area (Å²) in [6.45, 7) is 7.48. The van der Waals surface area contributed by atoms with Crippen molar-refractivity contribution in [1.82, 2.24) is 4.90 Å². The number of hydrogen-bond donors (Lipinski definition) is 0. The molecule has 3 nitrogen and oxygen atoms in total. The molecule has 0 bridgehead atoms. The molecule has 0 amide bonds. The molecule has 0 heterocycles. The lowest BCUT2D eigenvalue weighted by atomic mass is 9.72. The molecule has 102 valence electrons. The molecule has 0 saturated heterocycles. The molecule has 19 heavy (non-hydrogen) atoms. The van der Waals surface area contributed by atoms with Gasteiger partial charge in [0, 0.05) is 6.54 Å². The third-order valence-electron chi connectivity index (χ3n) is 4.23. The van der Waals surface area contributed by atoms with E-state index in [1.807, 2.05) is 0 Å². The van der Waals surface area contributed by atoms with Gasteiger partial charge in [0.1, 0.15) is 0 Å². The molecule has 1 fully saturated rings. The van der Waals surface area contributed by atoms with Gasteiger partial charge in [-0.1, -0.05) is 38.1 Å². The monoisotopic (exact) mass is 258 g/mol. The minimum absolute atomic E-state index is 0.268. The van der Waals surface area contributed by atoms with Crippen molar-refractivity contribution in [1.29, 1.82) is 0 Å². The van der Waals surface area contributed by atoms with Crippen LogP contribution in [-0.4, -0.2) is 24.1 Å². The first-order valence-electron chi connectivity index (χ1n) is 7.15. The zero-order valence-corrected chi connectivity index (χ0v) is 11.9. The summed E-state index contributed by atoms with van der Waals surface area (Å²) in [5.41, 5.74) is 2.21. The fourth-order valence-corrected chi connectivity index (χ4v) is 2.69. The van der Waals surface area contributed by atoms with Crippen LogP contribution in [0.2, 0.25) is 0 Å². The summed E-state index contributed by atoms with van der Waals surface area (Å²) in [6, 6.07) is 8.57. The number of aliphatic imine (C=N–C) groups is 1. The molecule has 1 saturated carbocycles. The van der Waals surface area contributed by atoms with Crippen LogP contribution in [0.5, 0.6) is 0 Å². The summed E-state index contributed by atoms with van der Waals surface area (Å²) < 4.78 is 0. The van der Waals surface area contributed by atoms with Gasteiger partial charge in [-0.2, -0.15) is 4.99 Å². The van der Waals surface area contributed by atoms with Gasteiger partial charge in [0.05, 0.1) is 5.54 Å². The maximum Gasteiger partial charge on any atom is 0.235 e. The smallest absolute Gasteiger partial charge is 0.235 e. The number of rotatable bonds is 6. The molecule has 3 heteroatoms. The topological polar surface area (TPSA) is 32.7 Å². The van der Waals surface area contributed by atoms with Crippen LogP contribution in [0.4, 0.5) is 0 Å². The Labute approximate surface area is 115 Å². The molecule has 0 spiro atoms. The van der Waals surface area contributed by atoms with Crippen LogP contribution in [0.15, 0.2) is 29.3 Å². The maximum atomic E-state index is 10.6. The molecule has 1 aromatic carbocycles. The Morgan fingerprint density at radius 1 is 1.21 bits per heavy atom. The van der Waals surface area contributed by atoms with Crippen LogP contribution in [0.3, 0.4) is 0 Å². The fraction of sp³-hybridized carbons (Fsp3) is 0.562. The summed E-state index contributed by atoms with van der Waals surface area (Å²) in [6.07, 6.45) is 4.83. The maximum absolute atomic E-state index is 10.6. The molecular formula is C16H22N2O. The van der Waals surface area contributed by atoms with Gasteiger partial charge in [0.2, 0.25) is 6.08 Å². The molecule has 0 aliphatic heterocycles. The Morgan fingerprint density at radius 3 is 2.26 bits per heavy atom. The van der Waals surface area contributed by atoms with Crippen LogP contribution >= 0.6 is 0 Å². The van der Waals surface area contributed by atoms with Crippen LogP contribution in [-0.2, 0) is 16.9 Å². The van der Waals surface area contributed by atoms with Gasteiger partial charge in [-0.05, 0) is 43.5 Å². The fourth-order valence-electron chi connectivity index (χ4n) is 2.69. The van der Waals surface area contributed by atoms with E-state index in [1.165, 1.54) is 5.56 Å². The molecule has 1 aliphatic carbocycles. The summed E-state index contributed by atoms with van der Waals surface area (Å²) in [4.78, 5) is 17.0. The number of carbonyl (C=O) groups excluding carboxylic acids is 1. The highest BCUT2D eigenvalue weighted by Gasteiger charge is 2.38. The van der Waals surface area contributed by atoms with E-state index in [-0.39, 0.29) is 5.54 Å². The second-order valence-corrected chi connectivity index (χ2v) is 5.25. The van der Waals surface area contributed by atoms with Gasteiger partial charge in [-0.3, -0.25) is 4.90 Å². The van der Waals surface area contributed by atoms with Crippen molar-refractivity contribution in [3.8, 4) is 0 Å². The summed E-state index contributed by atoms with van der Waals surface area (Å²) in [7, 11) is 0. The van der Waals surface area contributed by atoms with Gasteiger partial charge < -0.3 is 0 Å². The summed E-state index contributed by atoms with van der Waals surface area (Å²) in [5.74, 6) is 0. The Balaban J connectivity index is 2.12. The van der Waals surface area contributed by atoms with E-state index < -0.39 is 0 Å². The second kappa shape index (κ2) is 6.14. The Kier molecular flexibility index (Phi) is 4.52. The van der Waals surface area contributed by atoms with Crippen molar-refractivity contribution >= 4 is 6.08 Å². The van der Waals surface area contributed by atoms with E-state index in [1.54, 1.807) is 6.08 Å². The lowest BCUT2D eigenvalue weighted by Crippen LogP contribution is -2.31. The number of isocyanates is 1. The van der Waals surface area contributed by atoms with E-state index in [0.717, 1.165) is 44.5 Å². The lowest BCUT2D eigenvalue weighted by Gasteiger charge is -2.37. The van der Waals surface area contributed by atoms with Crippen LogP contribution < -0.4 is 0 Å². The van der Waals surface area contributed by atoms with Gasteiger partial charge in [-0.15, -0.1) is 0 Å². The summed E-state index contributed by atoms with van der Waals surface area (Å²) >= 11 is 0. The predicted molar refractivity (Wildman–Crippen MR) is 76.7 cm³/mol. The van der Waals surface area contributed by atoms with Crippen LogP contribution in [0, 0.1) is 0 Å². The minimum atomic E-state index is -0.268. The highest BCUT2D eigenvalue weighted by Crippen LogP contribution is 2.44. The normalized spacial score (nSPS) is 16.8. The highest BCUT2D eigenvalue weighted by atomic mass is 16.1. The molecule has 0 atom stereocenters. The van der Waals surface area contributed by atoms with Gasteiger partial charge in [0.15, 0.2) is 0 Å². The third kappa shape index (κ3) is 2.94. The Bertz CT molecular complexity index is 452. The highest BCUT2D eigenvalue weighted by molar-refractivity contribution is 5.40. The molecule has 0 unspecified atom stereocenters. The molecule has 2 rings (SSSR count). The SMILES string of the molecule is CCN(CC)Cc1ccc(C2(N=C=O)CCC2)cc1. The average molecular weight is 258 g/mol. The summed E-state index contributed by atoms with van der Waals surface area (Å²) in [5, 5.41) is 0. The molecule has 1 aromatic rings. The van der Waals surface area contributed by atoms with Crippen LogP contribution in [0.25, 0.3) is 0 Å². The molecule has 0 N–H and O–H groups in total. The first-order chi connectivity index (χ1) is 9.24. The van der Waals surface area contributed by atoms with Crippen LogP contribution in [0.1, 0.15) is 44.2 Å². The number of nitrogens with zero attached hydrogens (tertiary/aromatic N) is 2. The van der Waals surface area contributed by atoms with Crippen molar-refractivity contribution in [3.05, 3.63) is 35.4 Å². The van der Waals surface area contributed by atoms with Gasteiger partial charge in [-0.25, -0.2) is 4.79 Å². The first-order valence-corrected chi connectivity index (χ1v) is 7.15. The molecular weight excluding hydrogens is 236 g/mol. The van der Waals surface area contributed by atoms with Crippen molar-refractivity contribution in [2.75, 3.05) is 13.1 Å². The van der Waals surface area contributed by atoms with E-state index in [4.69, 9.17) is 0 Å². The largest absolute Gasteiger partial charge is 0.300 e. The van der Waals surface area contributed by atoms with Gasteiger partial charge >= 0.3 is 0 Å². The van der Waals surface area contributed by atoms with Crippen molar-refractivity contribution < 1.29 is 4.79 Å². The standard InChI is InChI=1S/C16H22N2O/c1-3-18(4-2)12-14-6-8-15(9-7-14)16(17-13-19)10-5-11-16/h6-9H,3-5,10-12H2,1-2H3. The Hall–Kier alpha value is -1.44. The second-order valence-electron chi connectivity index (χ2n) is 5.25. The molecule has 0 radical (unpaired) electrons. The average Bonchev–Trinajstić information content (AvgIpc) is 2.41. The molecule has 0 aromatic heterocycles. The Morgan fingerprint density at radius 2 is 1.84 bits per heavy atom. The van der Waals surface area contributed by atoms with Crippen molar-refractivity contribution in [3.63, 3.8) is 0 Å². The van der Waals surface area contributed by atoms with E-state index >= 15 is 0 Å². The van der Waals surface area contributed by atoms with E-state index in [2.05, 4.69) is 48.0 Å². The van der Waals surface area contributed by atoms with Gasteiger partial charge in [0.25, 0.3) is 0 Å². The quantitative estimate of drug-likeness (QED) is 0.579. The van der Waals surface area contributed by atoms with Crippen molar-refractivity contribution in [2.24, 2.45) is 4.99 Å². The number of hydrogen-bond acceptors (Lipinski definition) is 3. The van der Waals surface area contributed by atoms with E-state index in [0.29, 0.717) is 0 Å². The third-order valence-corrected chi connectivity index (χ3v) is 4.23. The predicted octanol–water partition coefficient (Wildman–Crippen LogP) is 3.24. The van der Waals surface area contributed by atoms with E-state index in [9.17, 15) is 4.79 Å². The minimum Gasteiger partial charge on any atom is -0.300 e. The zero-order chi connectivity index (χ0) is 13.7. The number of benzene rings is 1. The zero-order valence-electron chi connectivity index (χ0n) is 11.9. The lowest BCUT2D eigenvalue weighted by molar-refractivity contribution is 0.255. The first kappa shape index (κ1) is 14.0.